The van der Waals surface area contributed by atoms with Crippen molar-refractivity contribution in [2.75, 3.05) is 13.7 Å². The molecule has 0 radical (unpaired) electrons. The highest BCUT2D eigenvalue weighted by atomic mass is 32.1. The van der Waals surface area contributed by atoms with Crippen LogP contribution < -0.4 is 26.4 Å². The Kier molecular flexibility index (Phi) is 10.6. The van der Waals surface area contributed by atoms with Crippen molar-refractivity contribution in [3.05, 3.63) is 122 Å². The van der Waals surface area contributed by atoms with Gasteiger partial charge >= 0.3 is 25.9 Å². The molecule has 51 heavy (non-hydrogen) atoms. The third kappa shape index (κ3) is 6.70. The number of esters is 1. The lowest BCUT2D eigenvalue weighted by atomic mass is 10.1. The smallest absolute Gasteiger partial charge is 0.348 e. The van der Waals surface area contributed by atoms with E-state index in [4.69, 9.17) is 13.9 Å². The van der Waals surface area contributed by atoms with E-state index in [1.54, 1.807) is 13.8 Å². The first-order chi connectivity index (χ1) is 24.1. The Hall–Kier alpha value is -4.81. The number of benzene rings is 3. The average molecular weight is 731 g/mol. The van der Waals surface area contributed by atoms with Gasteiger partial charge in [0.1, 0.15) is 26.8 Å². The molecule has 0 unspecified atom stereocenters. The predicted molar refractivity (Wildman–Crippen MR) is 201 cm³/mol. The number of rotatable bonds is 11. The summed E-state index contributed by atoms with van der Waals surface area (Å²) in [6.07, 6.45) is 0.146. The van der Waals surface area contributed by atoms with Crippen LogP contribution in [-0.2, 0) is 32.5 Å². The van der Waals surface area contributed by atoms with E-state index < -0.39 is 47.9 Å². The molecule has 0 aliphatic heterocycles. The summed E-state index contributed by atoms with van der Waals surface area (Å²) in [4.78, 5) is 57.4. The molecule has 2 aromatic heterocycles. The second-order valence-electron chi connectivity index (χ2n) is 13.8. The van der Waals surface area contributed by atoms with Crippen LogP contribution in [0.1, 0.15) is 62.3 Å². The highest BCUT2D eigenvalue weighted by Gasteiger charge is 2.55. The van der Waals surface area contributed by atoms with E-state index in [-0.39, 0.29) is 34.7 Å². The zero-order valence-electron chi connectivity index (χ0n) is 30.2. The molecule has 0 saturated heterocycles. The van der Waals surface area contributed by atoms with Crippen molar-refractivity contribution < 1.29 is 27.9 Å². The maximum atomic E-state index is 14.8. The van der Waals surface area contributed by atoms with E-state index in [0.29, 0.717) is 16.9 Å². The van der Waals surface area contributed by atoms with Crippen LogP contribution in [0.5, 0.6) is 5.75 Å². The molecule has 12 heteroatoms. The third-order valence-electron chi connectivity index (χ3n) is 9.24. The van der Waals surface area contributed by atoms with Gasteiger partial charge in [-0.05, 0) is 78.9 Å². The number of hydrogen-bond acceptors (Lipinski definition) is 8. The Bertz CT molecular complexity index is 2160. The highest BCUT2D eigenvalue weighted by molar-refractivity contribution is 7.20. The first-order valence-electron chi connectivity index (χ1n) is 16.7. The molecule has 0 amide bonds. The zero-order chi connectivity index (χ0) is 37.3. The standard InChI is InChI=1S/C39H43FN2O7SSi/c1-9-48-35(44)32-25(2)31-33(43)42(37(46)41(34(31)50-32)23-22-26-24-27(40)20-21-30(26)47-8)39(6,7)36(45)49-51(38(3,4)5,28-16-12-10-13-17-28)29-18-14-11-15-19-29/h10-21,24H,9,22-23H2,1-8H3. The van der Waals surface area contributed by atoms with Crippen molar-refractivity contribution in [3.8, 4) is 5.75 Å². The van der Waals surface area contributed by atoms with E-state index in [0.717, 1.165) is 26.3 Å². The monoisotopic (exact) mass is 730 g/mol. The van der Waals surface area contributed by atoms with Crippen LogP contribution in [0.25, 0.3) is 10.2 Å². The SMILES string of the molecule is CCOC(=O)c1sc2c(c1C)c(=O)n(C(C)(C)C(=O)O[Si](c1ccccc1)(c1ccccc1)C(C)(C)C)c(=O)n2CCc1cc(F)ccc1OC. The number of aryl methyl sites for hydroxylation is 3. The van der Waals surface area contributed by atoms with Gasteiger partial charge in [0, 0.05) is 6.54 Å². The molecule has 5 rings (SSSR count). The Balaban J connectivity index is 1.73. The van der Waals surface area contributed by atoms with Gasteiger partial charge in [0.2, 0.25) is 0 Å². The van der Waals surface area contributed by atoms with Crippen LogP contribution in [0.15, 0.2) is 88.5 Å². The van der Waals surface area contributed by atoms with Gasteiger partial charge in [-0.25, -0.2) is 18.5 Å². The number of fused-ring (bicyclic) bond motifs is 1. The van der Waals surface area contributed by atoms with E-state index in [2.05, 4.69) is 0 Å². The lowest BCUT2D eigenvalue weighted by Crippen LogP contribution is -2.69. The summed E-state index contributed by atoms with van der Waals surface area (Å²) in [5.74, 6) is -1.43. The predicted octanol–water partition coefficient (Wildman–Crippen LogP) is 5.94. The van der Waals surface area contributed by atoms with Gasteiger partial charge in [-0.3, -0.25) is 14.2 Å². The number of aromatic nitrogens is 2. The maximum Gasteiger partial charge on any atom is 0.348 e. The number of carbonyl (C=O) groups is 2. The summed E-state index contributed by atoms with van der Waals surface area (Å²) in [7, 11) is -1.98. The van der Waals surface area contributed by atoms with Crippen molar-refractivity contribution in [1.82, 2.24) is 9.13 Å². The fraction of sp³-hybridized carbons (Fsp3) is 0.333. The van der Waals surface area contributed by atoms with Gasteiger partial charge in [0.05, 0.1) is 19.1 Å². The van der Waals surface area contributed by atoms with Crippen LogP contribution in [0.2, 0.25) is 5.04 Å². The van der Waals surface area contributed by atoms with E-state index >= 15 is 0 Å². The summed E-state index contributed by atoms with van der Waals surface area (Å²) >= 11 is 0.971. The number of ether oxygens (including phenoxy) is 2. The lowest BCUT2D eigenvalue weighted by molar-refractivity contribution is -0.144. The zero-order valence-corrected chi connectivity index (χ0v) is 32.0. The van der Waals surface area contributed by atoms with Crippen LogP contribution in [0.3, 0.4) is 0 Å². The molecule has 0 saturated carbocycles. The molecule has 0 spiro atoms. The Morgan fingerprint density at radius 1 is 0.902 bits per heavy atom. The summed E-state index contributed by atoms with van der Waals surface area (Å²) in [6.45, 7) is 12.5. The number of nitrogens with zero attached hydrogens (tertiary/aromatic N) is 2. The van der Waals surface area contributed by atoms with Crippen LogP contribution >= 0.6 is 11.3 Å². The second kappa shape index (κ2) is 14.4. The van der Waals surface area contributed by atoms with Gasteiger partial charge in [0.25, 0.3) is 5.56 Å². The summed E-state index contributed by atoms with van der Waals surface area (Å²) < 4.78 is 34.1. The Morgan fingerprint density at radius 2 is 1.49 bits per heavy atom. The molecule has 0 atom stereocenters. The molecule has 9 nitrogen and oxygen atoms in total. The molecule has 0 N–H and O–H groups in total. The topological polar surface area (TPSA) is 106 Å². The number of methoxy groups -OCH3 is 1. The number of carbonyl (C=O) groups excluding carboxylic acids is 2. The molecule has 0 fully saturated rings. The first kappa shape index (κ1) is 37.4. The third-order valence-corrected chi connectivity index (χ3v) is 15.4. The van der Waals surface area contributed by atoms with Crippen molar-refractivity contribution in [3.63, 3.8) is 0 Å². The number of halogens is 1. The minimum atomic E-state index is -3.45. The lowest BCUT2D eigenvalue weighted by Gasteiger charge is -2.43. The van der Waals surface area contributed by atoms with Gasteiger partial charge in [-0.2, -0.15) is 0 Å². The Labute approximate surface area is 301 Å². The normalized spacial score (nSPS) is 12.2. The van der Waals surface area contributed by atoms with Crippen molar-refractivity contribution >= 4 is 52.2 Å². The van der Waals surface area contributed by atoms with E-state index in [1.807, 2.05) is 81.4 Å². The molecule has 2 heterocycles. The molecule has 5 aromatic rings. The fourth-order valence-electron chi connectivity index (χ4n) is 6.61. The van der Waals surface area contributed by atoms with Gasteiger partial charge in [-0.15, -0.1) is 11.3 Å². The minimum absolute atomic E-state index is 0.0164. The molecular weight excluding hydrogens is 688 g/mol. The van der Waals surface area contributed by atoms with Gasteiger partial charge in [0.15, 0.2) is 0 Å². The molecule has 268 valence electrons. The van der Waals surface area contributed by atoms with Crippen LogP contribution in [0, 0.1) is 12.7 Å². The molecular formula is C39H43FN2O7SSi. The average Bonchev–Trinajstić information content (AvgIpc) is 3.44. The number of thiophene rings is 1. The fourth-order valence-corrected chi connectivity index (χ4v) is 12.3. The Morgan fingerprint density at radius 3 is 2.02 bits per heavy atom. The summed E-state index contributed by atoms with van der Waals surface area (Å²) in [5.41, 5.74) is -2.49. The second-order valence-corrected chi connectivity index (χ2v) is 19.1. The molecule has 3 aromatic carbocycles. The quantitative estimate of drug-likeness (QED) is 0.122. The van der Waals surface area contributed by atoms with Crippen LogP contribution in [-0.4, -0.2) is 43.1 Å². The molecule has 0 aliphatic carbocycles. The first-order valence-corrected chi connectivity index (χ1v) is 19.5. The van der Waals surface area contributed by atoms with E-state index in [9.17, 15) is 23.6 Å². The van der Waals surface area contributed by atoms with Gasteiger partial charge < -0.3 is 13.9 Å². The maximum absolute atomic E-state index is 14.8. The van der Waals surface area contributed by atoms with Gasteiger partial charge in [-0.1, -0.05) is 81.4 Å². The van der Waals surface area contributed by atoms with Crippen LogP contribution in [0.4, 0.5) is 4.39 Å². The molecule has 0 aliphatic rings. The van der Waals surface area contributed by atoms with Crippen molar-refractivity contribution in [2.24, 2.45) is 0 Å². The van der Waals surface area contributed by atoms with E-state index in [1.165, 1.54) is 43.7 Å². The van der Waals surface area contributed by atoms with Crippen molar-refractivity contribution in [1.29, 1.82) is 0 Å². The minimum Gasteiger partial charge on any atom is -0.508 e. The number of hydrogen-bond donors (Lipinski definition) is 0. The summed E-state index contributed by atoms with van der Waals surface area (Å²) in [5, 5.41) is 1.24. The summed E-state index contributed by atoms with van der Waals surface area (Å²) in [6, 6.07) is 23.3. The van der Waals surface area contributed by atoms with Crippen molar-refractivity contribution in [2.45, 2.75) is 72.0 Å². The largest absolute Gasteiger partial charge is 0.508 e. The highest BCUT2D eigenvalue weighted by Crippen LogP contribution is 2.38. The molecule has 0 bridgehead atoms.